The molecule has 0 bridgehead atoms. The number of nitrogens with zero attached hydrogens (tertiary/aromatic N) is 1. The normalized spacial score (nSPS) is 15.1. The number of fused-ring (bicyclic) bond motifs is 1. The fourth-order valence-electron chi connectivity index (χ4n) is 3.24. The number of hydrogen-bond acceptors (Lipinski definition) is 6. The van der Waals surface area contributed by atoms with Gasteiger partial charge in [0.2, 0.25) is 0 Å². The fraction of sp³-hybridized carbons (Fsp3) is 0.350. The molecule has 1 amide bonds. The standard InChI is InChI=1S/C20H21N3O3S2/c1-11-4-6-13-14(10-21)19(28-17(13)8-11)23-20(27)22-18(24)12-5-7-15(25-2)16(9-12)26-3/h5,7,9,11H,4,6,8H2,1-3H3,(H2,22,23,24,27). The second kappa shape index (κ2) is 8.59. The molecule has 1 aromatic heterocycles. The van der Waals surface area contributed by atoms with Crippen molar-refractivity contribution >= 4 is 39.6 Å². The summed E-state index contributed by atoms with van der Waals surface area (Å²) in [5.74, 6) is 1.24. The molecule has 0 aliphatic heterocycles. The molecule has 1 aliphatic carbocycles. The number of amides is 1. The number of nitrogens with one attached hydrogen (secondary N) is 2. The highest BCUT2D eigenvalue weighted by Gasteiger charge is 2.24. The smallest absolute Gasteiger partial charge is 0.257 e. The first-order chi connectivity index (χ1) is 13.5. The predicted octanol–water partition coefficient (Wildman–Crippen LogP) is 3.89. The van der Waals surface area contributed by atoms with Crippen LogP contribution in [-0.4, -0.2) is 25.2 Å². The second-order valence-electron chi connectivity index (χ2n) is 6.65. The molecule has 0 radical (unpaired) electrons. The monoisotopic (exact) mass is 415 g/mol. The van der Waals surface area contributed by atoms with E-state index in [0.29, 0.717) is 33.5 Å². The highest BCUT2D eigenvalue weighted by Crippen LogP contribution is 2.39. The van der Waals surface area contributed by atoms with Crippen molar-refractivity contribution in [2.45, 2.75) is 26.2 Å². The average Bonchev–Trinajstić information content (AvgIpc) is 3.02. The molecular formula is C20H21N3O3S2. The molecule has 1 unspecified atom stereocenters. The summed E-state index contributed by atoms with van der Waals surface area (Å²) in [5, 5.41) is 16.1. The molecule has 0 spiro atoms. The topological polar surface area (TPSA) is 83.4 Å². The first-order valence-corrected chi connectivity index (χ1v) is 10.1. The average molecular weight is 416 g/mol. The summed E-state index contributed by atoms with van der Waals surface area (Å²) < 4.78 is 10.4. The van der Waals surface area contributed by atoms with E-state index in [4.69, 9.17) is 21.7 Å². The molecule has 6 nitrogen and oxygen atoms in total. The van der Waals surface area contributed by atoms with Crippen molar-refractivity contribution in [3.8, 4) is 17.6 Å². The molecule has 1 atom stereocenters. The Labute approximate surface area is 173 Å². The van der Waals surface area contributed by atoms with Crippen molar-refractivity contribution in [2.75, 3.05) is 19.5 Å². The molecule has 8 heteroatoms. The van der Waals surface area contributed by atoms with Crippen LogP contribution in [0.4, 0.5) is 5.00 Å². The highest BCUT2D eigenvalue weighted by molar-refractivity contribution is 7.80. The van der Waals surface area contributed by atoms with Crippen LogP contribution in [0.15, 0.2) is 18.2 Å². The maximum absolute atomic E-state index is 12.5. The van der Waals surface area contributed by atoms with E-state index in [1.165, 1.54) is 19.1 Å². The summed E-state index contributed by atoms with van der Waals surface area (Å²) in [7, 11) is 3.04. The molecule has 3 rings (SSSR count). The number of anilines is 1. The number of hydrogen-bond donors (Lipinski definition) is 2. The maximum Gasteiger partial charge on any atom is 0.257 e. The highest BCUT2D eigenvalue weighted by atomic mass is 32.1. The minimum absolute atomic E-state index is 0.155. The van der Waals surface area contributed by atoms with Crippen LogP contribution in [-0.2, 0) is 12.8 Å². The number of carbonyl (C=O) groups excluding carboxylic acids is 1. The van der Waals surface area contributed by atoms with E-state index >= 15 is 0 Å². The van der Waals surface area contributed by atoms with Gasteiger partial charge in [-0.15, -0.1) is 11.3 Å². The molecule has 2 N–H and O–H groups in total. The van der Waals surface area contributed by atoms with E-state index in [1.54, 1.807) is 29.5 Å². The third-order valence-electron chi connectivity index (χ3n) is 4.72. The summed E-state index contributed by atoms with van der Waals surface area (Å²) >= 11 is 6.84. The van der Waals surface area contributed by atoms with Gasteiger partial charge in [0.05, 0.1) is 19.8 Å². The molecule has 0 saturated heterocycles. The number of rotatable bonds is 4. The van der Waals surface area contributed by atoms with E-state index in [2.05, 4.69) is 23.6 Å². The zero-order valence-electron chi connectivity index (χ0n) is 15.9. The van der Waals surface area contributed by atoms with E-state index in [9.17, 15) is 10.1 Å². The van der Waals surface area contributed by atoms with Crippen molar-refractivity contribution < 1.29 is 14.3 Å². The molecule has 1 aliphatic rings. The number of nitriles is 1. The Morgan fingerprint density at radius 3 is 2.75 bits per heavy atom. The SMILES string of the molecule is COc1ccc(C(=O)NC(=S)Nc2sc3c(c2C#N)CCC(C)C3)cc1OC. The lowest BCUT2D eigenvalue weighted by molar-refractivity contribution is 0.0977. The van der Waals surface area contributed by atoms with Crippen LogP contribution < -0.4 is 20.1 Å². The summed E-state index contributed by atoms with van der Waals surface area (Å²) in [6.45, 7) is 2.22. The number of carbonyl (C=O) groups is 1. The van der Waals surface area contributed by atoms with Gasteiger partial charge in [0.15, 0.2) is 16.6 Å². The van der Waals surface area contributed by atoms with Crippen molar-refractivity contribution in [1.29, 1.82) is 5.26 Å². The lowest BCUT2D eigenvalue weighted by Crippen LogP contribution is -2.34. The van der Waals surface area contributed by atoms with Gasteiger partial charge < -0.3 is 14.8 Å². The Hall–Kier alpha value is -2.63. The first-order valence-electron chi connectivity index (χ1n) is 8.85. The van der Waals surface area contributed by atoms with E-state index in [1.807, 2.05) is 0 Å². The lowest BCUT2D eigenvalue weighted by Gasteiger charge is -2.17. The van der Waals surface area contributed by atoms with Gasteiger partial charge in [0.1, 0.15) is 11.1 Å². The lowest BCUT2D eigenvalue weighted by atomic mass is 9.89. The predicted molar refractivity (Wildman–Crippen MR) is 113 cm³/mol. The van der Waals surface area contributed by atoms with E-state index in [-0.39, 0.29) is 11.0 Å². The molecule has 0 saturated carbocycles. The van der Waals surface area contributed by atoms with Crippen molar-refractivity contribution in [2.24, 2.45) is 5.92 Å². The third kappa shape index (κ3) is 4.11. The summed E-state index contributed by atoms with van der Waals surface area (Å²) in [6, 6.07) is 7.16. The summed E-state index contributed by atoms with van der Waals surface area (Å²) in [5.41, 5.74) is 2.14. The van der Waals surface area contributed by atoms with Crippen LogP contribution >= 0.6 is 23.6 Å². The Morgan fingerprint density at radius 1 is 1.32 bits per heavy atom. The van der Waals surface area contributed by atoms with Gasteiger partial charge in [0, 0.05) is 10.4 Å². The van der Waals surface area contributed by atoms with Crippen LogP contribution in [0.25, 0.3) is 0 Å². The number of benzene rings is 1. The van der Waals surface area contributed by atoms with Crippen molar-refractivity contribution in [3.63, 3.8) is 0 Å². The van der Waals surface area contributed by atoms with Crippen LogP contribution in [0, 0.1) is 17.2 Å². The minimum Gasteiger partial charge on any atom is -0.493 e. The van der Waals surface area contributed by atoms with Crippen molar-refractivity contribution in [1.82, 2.24) is 5.32 Å². The van der Waals surface area contributed by atoms with Gasteiger partial charge in [-0.3, -0.25) is 10.1 Å². The molecule has 0 fully saturated rings. The molecule has 146 valence electrons. The second-order valence-corrected chi connectivity index (χ2v) is 8.16. The summed E-state index contributed by atoms with van der Waals surface area (Å²) in [6.07, 6.45) is 2.96. The molecule has 28 heavy (non-hydrogen) atoms. The Bertz CT molecular complexity index is 962. The summed E-state index contributed by atoms with van der Waals surface area (Å²) in [4.78, 5) is 13.7. The van der Waals surface area contributed by atoms with Gasteiger partial charge in [-0.05, 0) is 61.2 Å². The zero-order chi connectivity index (χ0) is 20.3. The van der Waals surface area contributed by atoms with Crippen LogP contribution in [0.5, 0.6) is 11.5 Å². The van der Waals surface area contributed by atoms with Crippen LogP contribution in [0.2, 0.25) is 0 Å². The third-order valence-corrected chi connectivity index (χ3v) is 6.10. The van der Waals surface area contributed by atoms with Gasteiger partial charge >= 0.3 is 0 Å². The van der Waals surface area contributed by atoms with E-state index in [0.717, 1.165) is 24.8 Å². The minimum atomic E-state index is -0.369. The van der Waals surface area contributed by atoms with Gasteiger partial charge in [-0.2, -0.15) is 5.26 Å². The molecule has 1 aromatic carbocycles. The van der Waals surface area contributed by atoms with Gasteiger partial charge in [-0.1, -0.05) is 6.92 Å². The number of ether oxygens (including phenoxy) is 2. The zero-order valence-corrected chi connectivity index (χ0v) is 17.6. The van der Waals surface area contributed by atoms with Crippen LogP contribution in [0.3, 0.4) is 0 Å². The van der Waals surface area contributed by atoms with E-state index < -0.39 is 0 Å². The van der Waals surface area contributed by atoms with Crippen molar-refractivity contribution in [3.05, 3.63) is 39.8 Å². The number of thiocarbonyl (C=S) groups is 1. The largest absolute Gasteiger partial charge is 0.493 e. The van der Waals surface area contributed by atoms with Crippen LogP contribution in [0.1, 0.15) is 39.7 Å². The fourth-order valence-corrected chi connectivity index (χ4v) is 4.87. The molecular weight excluding hydrogens is 394 g/mol. The Balaban J connectivity index is 1.73. The van der Waals surface area contributed by atoms with Gasteiger partial charge in [-0.25, -0.2) is 0 Å². The Morgan fingerprint density at radius 2 is 2.07 bits per heavy atom. The quantitative estimate of drug-likeness (QED) is 0.737. The molecule has 1 heterocycles. The molecule has 2 aromatic rings. The maximum atomic E-state index is 12.5. The van der Waals surface area contributed by atoms with Gasteiger partial charge in [0.25, 0.3) is 5.91 Å². The Kier molecular flexibility index (Phi) is 6.17. The number of methoxy groups -OCH3 is 2. The first kappa shape index (κ1) is 20.1. The number of thiophene rings is 1.